The standard InChI is InChI=1S/C13H17N/c1-9(2)14-8-12-6-5-10(3)7-13(12)11(14)4/h5-7,9H,4,8H2,1-3H3. The van der Waals surface area contributed by atoms with Crippen molar-refractivity contribution in [2.75, 3.05) is 0 Å². The number of aryl methyl sites for hydroxylation is 1. The third-order valence-corrected chi connectivity index (χ3v) is 2.89. The lowest BCUT2D eigenvalue weighted by atomic mass is 10.1. The van der Waals surface area contributed by atoms with E-state index >= 15 is 0 Å². The van der Waals surface area contributed by atoms with Gasteiger partial charge in [0, 0.05) is 23.8 Å². The highest BCUT2D eigenvalue weighted by Crippen LogP contribution is 2.33. The molecule has 1 heterocycles. The molecule has 0 saturated carbocycles. The van der Waals surface area contributed by atoms with E-state index in [1.807, 2.05) is 0 Å². The van der Waals surface area contributed by atoms with Crippen molar-refractivity contribution in [1.82, 2.24) is 4.90 Å². The van der Waals surface area contributed by atoms with Gasteiger partial charge in [-0.2, -0.15) is 0 Å². The van der Waals surface area contributed by atoms with Gasteiger partial charge < -0.3 is 4.90 Å². The largest absolute Gasteiger partial charge is 0.365 e. The molecule has 0 spiro atoms. The quantitative estimate of drug-likeness (QED) is 0.652. The summed E-state index contributed by atoms with van der Waals surface area (Å²) >= 11 is 0. The molecule has 0 radical (unpaired) electrons. The van der Waals surface area contributed by atoms with E-state index in [4.69, 9.17) is 0 Å². The van der Waals surface area contributed by atoms with Gasteiger partial charge in [0.15, 0.2) is 0 Å². The molecule has 0 atom stereocenters. The van der Waals surface area contributed by atoms with Gasteiger partial charge in [0.1, 0.15) is 0 Å². The Kier molecular flexibility index (Phi) is 2.10. The van der Waals surface area contributed by atoms with Crippen molar-refractivity contribution in [3.05, 3.63) is 41.5 Å². The van der Waals surface area contributed by atoms with Crippen LogP contribution in [0.1, 0.15) is 30.5 Å². The number of nitrogens with zero attached hydrogens (tertiary/aromatic N) is 1. The molecule has 0 amide bonds. The third-order valence-electron chi connectivity index (χ3n) is 2.89. The maximum absolute atomic E-state index is 4.17. The molecule has 2 rings (SSSR count). The number of hydrogen-bond acceptors (Lipinski definition) is 1. The average Bonchev–Trinajstić information content (AvgIpc) is 2.44. The molecule has 1 nitrogen and oxygen atoms in total. The molecule has 0 aromatic heterocycles. The van der Waals surface area contributed by atoms with Gasteiger partial charge in [-0.25, -0.2) is 0 Å². The predicted octanol–water partition coefficient (Wildman–Crippen LogP) is 3.19. The molecule has 0 fully saturated rings. The summed E-state index contributed by atoms with van der Waals surface area (Å²) in [6.45, 7) is 11.7. The smallest absolute Gasteiger partial charge is 0.0439 e. The van der Waals surface area contributed by atoms with Crippen LogP contribution in [0.3, 0.4) is 0 Å². The van der Waals surface area contributed by atoms with Crippen molar-refractivity contribution in [1.29, 1.82) is 0 Å². The zero-order valence-electron chi connectivity index (χ0n) is 9.17. The topological polar surface area (TPSA) is 3.24 Å². The molecule has 0 saturated heterocycles. The molecule has 14 heavy (non-hydrogen) atoms. The molecule has 0 unspecified atom stereocenters. The summed E-state index contributed by atoms with van der Waals surface area (Å²) in [5.41, 5.74) is 5.24. The van der Waals surface area contributed by atoms with Crippen LogP contribution in [0.5, 0.6) is 0 Å². The minimum Gasteiger partial charge on any atom is -0.365 e. The molecular formula is C13H17N. The molecular weight excluding hydrogens is 170 g/mol. The Morgan fingerprint density at radius 3 is 2.71 bits per heavy atom. The Hall–Kier alpha value is -1.24. The second kappa shape index (κ2) is 3.16. The fourth-order valence-corrected chi connectivity index (χ4v) is 2.02. The summed E-state index contributed by atoms with van der Waals surface area (Å²) < 4.78 is 0. The first kappa shape index (κ1) is 9.32. The lowest BCUT2D eigenvalue weighted by Crippen LogP contribution is -2.23. The van der Waals surface area contributed by atoms with E-state index in [0.29, 0.717) is 6.04 Å². The van der Waals surface area contributed by atoms with Gasteiger partial charge in [0.2, 0.25) is 0 Å². The summed E-state index contributed by atoms with van der Waals surface area (Å²) in [5.74, 6) is 0. The van der Waals surface area contributed by atoms with Crippen molar-refractivity contribution in [2.45, 2.75) is 33.4 Å². The van der Waals surface area contributed by atoms with Crippen LogP contribution < -0.4 is 0 Å². The summed E-state index contributed by atoms with van der Waals surface area (Å²) in [4.78, 5) is 2.35. The lowest BCUT2D eigenvalue weighted by Gasteiger charge is -2.23. The number of fused-ring (bicyclic) bond motifs is 1. The third kappa shape index (κ3) is 1.33. The highest BCUT2D eigenvalue weighted by atomic mass is 15.2. The minimum absolute atomic E-state index is 0.537. The van der Waals surface area contributed by atoms with Gasteiger partial charge >= 0.3 is 0 Å². The Morgan fingerprint density at radius 2 is 2.07 bits per heavy atom. The summed E-state index contributed by atoms with van der Waals surface area (Å²) in [6.07, 6.45) is 0. The molecule has 0 bridgehead atoms. The second-order valence-corrected chi connectivity index (χ2v) is 4.33. The van der Waals surface area contributed by atoms with E-state index in [1.165, 1.54) is 22.4 Å². The maximum Gasteiger partial charge on any atom is 0.0439 e. The monoisotopic (exact) mass is 187 g/mol. The van der Waals surface area contributed by atoms with E-state index in [9.17, 15) is 0 Å². The van der Waals surface area contributed by atoms with E-state index < -0.39 is 0 Å². The minimum atomic E-state index is 0.537. The predicted molar refractivity (Wildman–Crippen MR) is 60.9 cm³/mol. The van der Waals surface area contributed by atoms with Crippen LogP contribution in [0.25, 0.3) is 5.70 Å². The number of hydrogen-bond donors (Lipinski definition) is 0. The molecule has 1 heteroatoms. The van der Waals surface area contributed by atoms with Crippen molar-refractivity contribution in [2.24, 2.45) is 0 Å². The van der Waals surface area contributed by atoms with Crippen molar-refractivity contribution >= 4 is 5.70 Å². The zero-order chi connectivity index (χ0) is 10.3. The van der Waals surface area contributed by atoms with Gasteiger partial charge in [-0.15, -0.1) is 0 Å². The van der Waals surface area contributed by atoms with E-state index in [-0.39, 0.29) is 0 Å². The van der Waals surface area contributed by atoms with Gasteiger partial charge in [-0.3, -0.25) is 0 Å². The van der Waals surface area contributed by atoms with Gasteiger partial charge in [0.25, 0.3) is 0 Å². The van der Waals surface area contributed by atoms with Crippen LogP contribution in [0, 0.1) is 6.92 Å². The fourth-order valence-electron chi connectivity index (χ4n) is 2.02. The van der Waals surface area contributed by atoms with Crippen molar-refractivity contribution < 1.29 is 0 Å². The number of benzene rings is 1. The highest BCUT2D eigenvalue weighted by molar-refractivity contribution is 5.69. The van der Waals surface area contributed by atoms with Crippen LogP contribution in [-0.4, -0.2) is 10.9 Å². The van der Waals surface area contributed by atoms with Crippen LogP contribution >= 0.6 is 0 Å². The van der Waals surface area contributed by atoms with E-state index in [1.54, 1.807) is 0 Å². The van der Waals surface area contributed by atoms with Crippen LogP contribution in [0.15, 0.2) is 24.8 Å². The SMILES string of the molecule is C=C1c2cc(C)ccc2CN1C(C)C. The molecule has 1 aliphatic rings. The molecule has 1 aliphatic heterocycles. The molecule has 0 N–H and O–H groups in total. The normalized spacial score (nSPS) is 15.1. The molecule has 1 aromatic carbocycles. The van der Waals surface area contributed by atoms with Gasteiger partial charge in [-0.05, 0) is 32.4 Å². The first-order valence-corrected chi connectivity index (χ1v) is 5.15. The Morgan fingerprint density at radius 1 is 1.36 bits per heavy atom. The van der Waals surface area contributed by atoms with Crippen LogP contribution in [0.4, 0.5) is 0 Å². The average molecular weight is 187 g/mol. The van der Waals surface area contributed by atoms with Crippen LogP contribution in [0.2, 0.25) is 0 Å². The first-order valence-electron chi connectivity index (χ1n) is 5.15. The van der Waals surface area contributed by atoms with E-state index in [2.05, 4.69) is 50.4 Å². The lowest BCUT2D eigenvalue weighted by molar-refractivity contribution is 0.339. The molecule has 0 aliphatic carbocycles. The molecule has 74 valence electrons. The maximum atomic E-state index is 4.17. The Balaban J connectivity index is 2.41. The Labute approximate surface area is 86.1 Å². The fraction of sp³-hybridized carbons (Fsp3) is 0.385. The van der Waals surface area contributed by atoms with Gasteiger partial charge in [0.05, 0.1) is 0 Å². The van der Waals surface area contributed by atoms with E-state index in [0.717, 1.165) is 6.54 Å². The van der Waals surface area contributed by atoms with Gasteiger partial charge in [-0.1, -0.05) is 24.3 Å². The molecule has 1 aromatic rings. The Bertz CT molecular complexity index is 377. The van der Waals surface area contributed by atoms with Crippen molar-refractivity contribution in [3.63, 3.8) is 0 Å². The summed E-state index contributed by atoms with van der Waals surface area (Å²) in [6, 6.07) is 7.17. The second-order valence-electron chi connectivity index (χ2n) is 4.33. The zero-order valence-corrected chi connectivity index (χ0v) is 9.17. The van der Waals surface area contributed by atoms with Crippen molar-refractivity contribution in [3.8, 4) is 0 Å². The summed E-state index contributed by atoms with van der Waals surface area (Å²) in [5, 5.41) is 0. The summed E-state index contributed by atoms with van der Waals surface area (Å²) in [7, 11) is 0. The number of rotatable bonds is 1. The highest BCUT2D eigenvalue weighted by Gasteiger charge is 2.23. The van der Waals surface area contributed by atoms with Crippen LogP contribution in [-0.2, 0) is 6.54 Å². The first-order chi connectivity index (χ1) is 6.59.